The van der Waals surface area contributed by atoms with Crippen molar-refractivity contribution in [2.24, 2.45) is 5.92 Å². The highest BCUT2D eigenvalue weighted by molar-refractivity contribution is 7.11. The normalized spacial score (nSPS) is 17.9. The van der Waals surface area contributed by atoms with E-state index in [-0.39, 0.29) is 5.91 Å². The summed E-state index contributed by atoms with van der Waals surface area (Å²) in [5.41, 5.74) is 1.01. The standard InChI is InChI=1S/C19H24ClN3OS/c1-13(2)10-17-21-22-19(25-17)15-4-3-9-23(12-15)18(24)11-14-5-7-16(20)8-6-14/h5-8,13,15H,3-4,9-12H2,1-2H3. The van der Waals surface area contributed by atoms with Crippen LogP contribution in [0, 0.1) is 5.92 Å². The fourth-order valence-electron chi connectivity index (χ4n) is 3.16. The van der Waals surface area contributed by atoms with Crippen LogP contribution in [0.2, 0.25) is 5.02 Å². The van der Waals surface area contributed by atoms with Crippen molar-refractivity contribution in [1.82, 2.24) is 15.1 Å². The number of halogens is 1. The number of hydrogen-bond acceptors (Lipinski definition) is 4. The van der Waals surface area contributed by atoms with Crippen LogP contribution in [0.4, 0.5) is 0 Å². The van der Waals surface area contributed by atoms with Crippen molar-refractivity contribution in [1.29, 1.82) is 0 Å². The SMILES string of the molecule is CC(C)Cc1nnc(C2CCCN(C(=O)Cc3ccc(Cl)cc3)C2)s1. The predicted octanol–water partition coefficient (Wildman–Crippen LogP) is 4.34. The van der Waals surface area contributed by atoms with Gasteiger partial charge in [-0.05, 0) is 36.5 Å². The summed E-state index contributed by atoms with van der Waals surface area (Å²) < 4.78 is 0. The molecule has 1 saturated heterocycles. The fourth-order valence-corrected chi connectivity index (χ4v) is 4.46. The number of likely N-dealkylation sites (tertiary alicyclic amines) is 1. The number of carbonyl (C=O) groups is 1. The monoisotopic (exact) mass is 377 g/mol. The maximum absolute atomic E-state index is 12.6. The van der Waals surface area contributed by atoms with E-state index in [2.05, 4.69) is 24.0 Å². The van der Waals surface area contributed by atoms with Crippen molar-refractivity contribution in [3.05, 3.63) is 44.9 Å². The number of piperidine rings is 1. The van der Waals surface area contributed by atoms with Gasteiger partial charge in [-0.2, -0.15) is 0 Å². The molecule has 2 heterocycles. The minimum absolute atomic E-state index is 0.180. The Hall–Kier alpha value is -1.46. The van der Waals surface area contributed by atoms with Crippen LogP contribution in [-0.4, -0.2) is 34.1 Å². The molecule has 1 unspecified atom stereocenters. The van der Waals surface area contributed by atoms with E-state index in [9.17, 15) is 4.79 Å². The molecular formula is C19H24ClN3OS. The Balaban J connectivity index is 1.61. The van der Waals surface area contributed by atoms with E-state index in [0.29, 0.717) is 23.3 Å². The molecule has 0 N–H and O–H groups in total. The van der Waals surface area contributed by atoms with Crippen molar-refractivity contribution in [2.75, 3.05) is 13.1 Å². The number of nitrogens with zero attached hydrogens (tertiary/aromatic N) is 3. The Morgan fingerprint density at radius 3 is 2.80 bits per heavy atom. The zero-order valence-corrected chi connectivity index (χ0v) is 16.3. The lowest BCUT2D eigenvalue weighted by atomic mass is 9.98. The van der Waals surface area contributed by atoms with Gasteiger partial charge in [-0.3, -0.25) is 4.79 Å². The molecule has 1 aliphatic heterocycles. The van der Waals surface area contributed by atoms with Gasteiger partial charge in [0.15, 0.2) is 0 Å². The predicted molar refractivity (Wildman–Crippen MR) is 102 cm³/mol. The van der Waals surface area contributed by atoms with Crippen LogP contribution in [0.25, 0.3) is 0 Å². The van der Waals surface area contributed by atoms with Gasteiger partial charge < -0.3 is 4.90 Å². The highest BCUT2D eigenvalue weighted by Gasteiger charge is 2.27. The third kappa shape index (κ3) is 5.02. The maximum Gasteiger partial charge on any atom is 0.227 e. The molecule has 0 saturated carbocycles. The van der Waals surface area contributed by atoms with Crippen LogP contribution in [0.1, 0.15) is 48.2 Å². The molecule has 25 heavy (non-hydrogen) atoms. The van der Waals surface area contributed by atoms with Crippen molar-refractivity contribution in [2.45, 2.75) is 45.4 Å². The number of aromatic nitrogens is 2. The Morgan fingerprint density at radius 1 is 1.32 bits per heavy atom. The summed E-state index contributed by atoms with van der Waals surface area (Å²) in [6, 6.07) is 7.51. The minimum atomic E-state index is 0.180. The molecule has 1 aliphatic rings. The minimum Gasteiger partial charge on any atom is -0.342 e. The molecule has 2 aromatic rings. The second kappa shape index (κ2) is 8.28. The molecule has 0 spiro atoms. The first kappa shape index (κ1) is 18.3. The van der Waals surface area contributed by atoms with Crippen molar-refractivity contribution in [3.8, 4) is 0 Å². The van der Waals surface area contributed by atoms with Crippen LogP contribution < -0.4 is 0 Å². The third-order valence-corrected chi connectivity index (χ3v) is 5.82. The molecule has 1 atom stereocenters. The molecule has 134 valence electrons. The summed E-state index contributed by atoms with van der Waals surface area (Å²) in [7, 11) is 0. The lowest BCUT2D eigenvalue weighted by Crippen LogP contribution is -2.39. The summed E-state index contributed by atoms with van der Waals surface area (Å²) in [6.07, 6.45) is 3.51. The molecule has 3 rings (SSSR count). The summed E-state index contributed by atoms with van der Waals surface area (Å²) in [4.78, 5) is 14.6. The highest BCUT2D eigenvalue weighted by Crippen LogP contribution is 2.30. The summed E-state index contributed by atoms with van der Waals surface area (Å²) in [6.45, 7) is 5.97. The van der Waals surface area contributed by atoms with Gasteiger partial charge in [0.2, 0.25) is 5.91 Å². The van der Waals surface area contributed by atoms with Gasteiger partial charge in [0.1, 0.15) is 10.0 Å². The van der Waals surface area contributed by atoms with E-state index in [4.69, 9.17) is 11.6 Å². The number of amides is 1. The molecule has 0 bridgehead atoms. The van der Waals surface area contributed by atoms with Crippen LogP contribution >= 0.6 is 22.9 Å². The molecule has 0 radical (unpaired) electrons. The topological polar surface area (TPSA) is 46.1 Å². The Bertz CT molecular complexity index is 714. The van der Waals surface area contributed by atoms with Gasteiger partial charge in [0.25, 0.3) is 0 Å². The second-order valence-electron chi connectivity index (χ2n) is 7.11. The molecule has 4 nitrogen and oxygen atoms in total. The van der Waals surface area contributed by atoms with E-state index in [1.165, 1.54) is 0 Å². The number of carbonyl (C=O) groups excluding carboxylic acids is 1. The molecule has 1 aromatic carbocycles. The second-order valence-corrected chi connectivity index (χ2v) is 8.64. The van der Waals surface area contributed by atoms with Gasteiger partial charge in [-0.15, -0.1) is 21.5 Å². The number of rotatable bonds is 5. The lowest BCUT2D eigenvalue weighted by molar-refractivity contribution is -0.131. The van der Waals surface area contributed by atoms with E-state index < -0.39 is 0 Å². The van der Waals surface area contributed by atoms with Crippen LogP contribution in [0.5, 0.6) is 0 Å². The van der Waals surface area contributed by atoms with E-state index >= 15 is 0 Å². The van der Waals surface area contributed by atoms with E-state index in [1.807, 2.05) is 29.2 Å². The Morgan fingerprint density at radius 2 is 2.08 bits per heavy atom. The van der Waals surface area contributed by atoms with Crippen molar-refractivity contribution >= 4 is 28.8 Å². The first-order valence-corrected chi connectivity index (χ1v) is 10.0. The van der Waals surface area contributed by atoms with Gasteiger partial charge in [0.05, 0.1) is 6.42 Å². The zero-order valence-electron chi connectivity index (χ0n) is 14.7. The summed E-state index contributed by atoms with van der Waals surface area (Å²) >= 11 is 7.62. The third-order valence-electron chi connectivity index (χ3n) is 4.46. The molecule has 0 aliphatic carbocycles. The van der Waals surface area contributed by atoms with Crippen LogP contribution in [0.15, 0.2) is 24.3 Å². The average Bonchev–Trinajstić information content (AvgIpc) is 3.05. The first-order valence-electron chi connectivity index (χ1n) is 8.85. The Labute approximate surface area is 158 Å². The van der Waals surface area contributed by atoms with Crippen molar-refractivity contribution in [3.63, 3.8) is 0 Å². The fraction of sp³-hybridized carbons (Fsp3) is 0.526. The zero-order chi connectivity index (χ0) is 17.8. The van der Waals surface area contributed by atoms with E-state index in [0.717, 1.165) is 47.9 Å². The largest absolute Gasteiger partial charge is 0.342 e. The van der Waals surface area contributed by atoms with Gasteiger partial charge in [0, 0.05) is 30.5 Å². The van der Waals surface area contributed by atoms with Crippen molar-refractivity contribution < 1.29 is 4.79 Å². The summed E-state index contributed by atoms with van der Waals surface area (Å²) in [5, 5.41) is 11.6. The molecule has 1 amide bonds. The Kier molecular flexibility index (Phi) is 6.07. The van der Waals surface area contributed by atoms with E-state index in [1.54, 1.807) is 11.3 Å². The molecule has 6 heteroatoms. The summed E-state index contributed by atoms with van der Waals surface area (Å²) in [5.74, 6) is 1.09. The average molecular weight is 378 g/mol. The lowest BCUT2D eigenvalue weighted by Gasteiger charge is -2.31. The quantitative estimate of drug-likeness (QED) is 0.778. The first-order chi connectivity index (χ1) is 12.0. The van der Waals surface area contributed by atoms with Crippen LogP contribution in [-0.2, 0) is 17.6 Å². The number of hydrogen-bond donors (Lipinski definition) is 0. The molecule has 1 fully saturated rings. The smallest absolute Gasteiger partial charge is 0.227 e. The highest BCUT2D eigenvalue weighted by atomic mass is 35.5. The van der Waals surface area contributed by atoms with Crippen LogP contribution in [0.3, 0.4) is 0 Å². The number of benzene rings is 1. The van der Waals surface area contributed by atoms with Gasteiger partial charge in [-0.25, -0.2) is 0 Å². The van der Waals surface area contributed by atoms with Gasteiger partial charge in [-0.1, -0.05) is 37.6 Å². The van der Waals surface area contributed by atoms with Gasteiger partial charge >= 0.3 is 0 Å². The molecule has 1 aromatic heterocycles. The maximum atomic E-state index is 12.6. The molecular weight excluding hydrogens is 354 g/mol.